The van der Waals surface area contributed by atoms with Gasteiger partial charge in [-0.2, -0.15) is 5.26 Å². The number of carboxylic acids is 1. The fourth-order valence-electron chi connectivity index (χ4n) is 4.16. The summed E-state index contributed by atoms with van der Waals surface area (Å²) in [5.74, 6) is -0.549. The minimum absolute atomic E-state index is 0.358. The van der Waals surface area contributed by atoms with Crippen LogP contribution in [-0.2, 0) is 16.6 Å². The number of nitriles is 1. The first-order chi connectivity index (χ1) is 18.6. The van der Waals surface area contributed by atoms with Crippen molar-refractivity contribution in [1.82, 2.24) is 24.3 Å². The summed E-state index contributed by atoms with van der Waals surface area (Å²) in [6.45, 7) is 5.19. The topological polar surface area (TPSA) is 120 Å². The van der Waals surface area contributed by atoms with Crippen molar-refractivity contribution in [3.05, 3.63) is 77.1 Å². The molecule has 5 rings (SSSR count). The normalized spacial score (nSPS) is 11.5. The van der Waals surface area contributed by atoms with Gasteiger partial charge in [0.15, 0.2) is 5.13 Å². The summed E-state index contributed by atoms with van der Waals surface area (Å²) in [6, 6.07) is 11.9. The fourth-order valence-corrected chi connectivity index (χ4v) is 5.01. The smallest absolute Gasteiger partial charge is 0.315 e. The molecule has 0 unspecified atom stereocenters. The first-order valence-electron chi connectivity index (χ1n) is 12.1. The van der Waals surface area contributed by atoms with Crippen molar-refractivity contribution in [2.45, 2.75) is 32.6 Å². The summed E-state index contributed by atoms with van der Waals surface area (Å²) >= 11 is 1.25. The molecule has 0 radical (unpaired) electrons. The van der Waals surface area contributed by atoms with Gasteiger partial charge in [-0.3, -0.25) is 19.2 Å². The zero-order valence-electron chi connectivity index (χ0n) is 21.7. The third-order valence-electron chi connectivity index (χ3n) is 6.56. The molecule has 0 saturated carbocycles. The number of nitrogens with zero attached hydrogens (tertiary/aromatic N) is 7. The molecule has 4 aromatic heterocycles. The number of aliphatic carboxylic acids is 1. The van der Waals surface area contributed by atoms with Crippen molar-refractivity contribution in [2.24, 2.45) is 0 Å². The highest BCUT2D eigenvalue weighted by atomic mass is 32.1. The lowest BCUT2D eigenvalue weighted by molar-refractivity contribution is -0.142. The number of thiazole rings is 1. The molecule has 5 aromatic rings. The molecular weight excluding hydrogens is 517 g/mol. The average molecular weight is 542 g/mol. The zero-order chi connectivity index (χ0) is 27.9. The quantitative estimate of drug-likeness (QED) is 0.282. The fraction of sp³-hybridized carbons (Fsp3) is 0.214. The number of aryl methyl sites for hydroxylation is 1. The second-order valence-corrected chi connectivity index (χ2v) is 10.4. The highest BCUT2D eigenvalue weighted by molar-refractivity contribution is 7.16. The number of benzene rings is 1. The lowest BCUT2D eigenvalue weighted by Crippen LogP contribution is -2.29. The summed E-state index contributed by atoms with van der Waals surface area (Å²) in [5.41, 5.74) is 3.29. The van der Waals surface area contributed by atoms with Gasteiger partial charge in [-0.25, -0.2) is 14.4 Å². The van der Waals surface area contributed by atoms with E-state index in [2.05, 4.69) is 16.0 Å². The number of aromatic nitrogens is 5. The number of rotatable bonds is 7. The zero-order valence-corrected chi connectivity index (χ0v) is 22.5. The number of halogens is 1. The standard InChI is InChI=1S/C28H24FN7O2S/c1-5-19-25(35(4)27-34-24(21(12-30)39-27)16-6-9-18(29)10-7-16)36-15-17(8-11-23(36)33-19)20-13-32-22(14-31-20)28(2,3)26(37)38/h6-11,13-15H,5H2,1-4H3,(H,37,38). The second-order valence-electron chi connectivity index (χ2n) is 9.45. The van der Waals surface area contributed by atoms with Gasteiger partial charge in [0, 0.05) is 24.4 Å². The molecule has 0 bridgehead atoms. The Morgan fingerprint density at radius 1 is 1.13 bits per heavy atom. The van der Waals surface area contributed by atoms with E-state index in [0.717, 1.165) is 22.7 Å². The molecule has 0 aliphatic carbocycles. The summed E-state index contributed by atoms with van der Waals surface area (Å²) in [5, 5.41) is 19.8. The molecule has 0 spiro atoms. The number of hydrogen-bond donors (Lipinski definition) is 1. The maximum atomic E-state index is 13.5. The van der Waals surface area contributed by atoms with E-state index in [1.807, 2.05) is 41.6 Å². The van der Waals surface area contributed by atoms with Crippen LogP contribution in [0, 0.1) is 17.1 Å². The third-order valence-corrected chi connectivity index (χ3v) is 7.60. The molecule has 0 atom stereocenters. The molecular formula is C28H24FN7O2S. The second kappa shape index (κ2) is 9.89. The van der Waals surface area contributed by atoms with Gasteiger partial charge in [0.1, 0.15) is 39.3 Å². The van der Waals surface area contributed by atoms with Gasteiger partial charge in [-0.15, -0.1) is 0 Å². The van der Waals surface area contributed by atoms with E-state index in [1.54, 1.807) is 32.2 Å². The van der Waals surface area contributed by atoms with Crippen LogP contribution >= 0.6 is 11.3 Å². The average Bonchev–Trinajstić information content (AvgIpc) is 3.54. The highest BCUT2D eigenvalue weighted by Crippen LogP contribution is 2.37. The van der Waals surface area contributed by atoms with Crippen LogP contribution in [0.2, 0.25) is 0 Å². The van der Waals surface area contributed by atoms with E-state index < -0.39 is 11.4 Å². The maximum Gasteiger partial charge on any atom is 0.315 e. The van der Waals surface area contributed by atoms with E-state index in [4.69, 9.17) is 9.97 Å². The predicted molar refractivity (Wildman–Crippen MR) is 147 cm³/mol. The molecule has 0 aliphatic rings. The van der Waals surface area contributed by atoms with Crippen LogP contribution in [0.4, 0.5) is 15.3 Å². The number of anilines is 2. The van der Waals surface area contributed by atoms with Gasteiger partial charge < -0.3 is 10.0 Å². The molecule has 1 N–H and O–H groups in total. The number of fused-ring (bicyclic) bond motifs is 1. The first kappa shape index (κ1) is 25.9. The molecule has 1 aromatic carbocycles. The predicted octanol–water partition coefficient (Wildman–Crippen LogP) is 5.62. The van der Waals surface area contributed by atoms with Gasteiger partial charge in [0.2, 0.25) is 0 Å². The molecule has 4 heterocycles. The first-order valence-corrected chi connectivity index (χ1v) is 12.9. The summed E-state index contributed by atoms with van der Waals surface area (Å²) in [4.78, 5) is 32.3. The number of imidazole rings is 1. The summed E-state index contributed by atoms with van der Waals surface area (Å²) < 4.78 is 15.4. The Morgan fingerprint density at radius 3 is 2.46 bits per heavy atom. The van der Waals surface area contributed by atoms with Crippen LogP contribution in [0.5, 0.6) is 0 Å². The SMILES string of the molecule is CCc1nc2ccc(-c3cnc(C(C)(C)C(=O)O)cn3)cn2c1N(C)c1nc(-c2ccc(F)cc2)c(C#N)s1. The molecule has 0 fully saturated rings. The number of hydrogen-bond acceptors (Lipinski definition) is 8. The molecule has 39 heavy (non-hydrogen) atoms. The van der Waals surface area contributed by atoms with Crippen LogP contribution in [0.1, 0.15) is 37.0 Å². The van der Waals surface area contributed by atoms with Gasteiger partial charge in [0.25, 0.3) is 0 Å². The van der Waals surface area contributed by atoms with Gasteiger partial charge >= 0.3 is 5.97 Å². The van der Waals surface area contributed by atoms with E-state index in [0.29, 0.717) is 39.1 Å². The Hall–Kier alpha value is -4.69. The molecule has 11 heteroatoms. The Kier molecular flexibility index (Phi) is 6.57. The van der Waals surface area contributed by atoms with Crippen molar-refractivity contribution in [3.63, 3.8) is 0 Å². The van der Waals surface area contributed by atoms with Crippen molar-refractivity contribution < 1.29 is 14.3 Å². The molecule has 0 saturated heterocycles. The van der Waals surface area contributed by atoms with Crippen molar-refractivity contribution in [1.29, 1.82) is 5.26 Å². The lowest BCUT2D eigenvalue weighted by atomic mass is 9.90. The van der Waals surface area contributed by atoms with Crippen molar-refractivity contribution in [2.75, 3.05) is 11.9 Å². The van der Waals surface area contributed by atoms with Gasteiger partial charge in [-0.05, 0) is 56.7 Å². The van der Waals surface area contributed by atoms with Crippen LogP contribution in [-0.4, -0.2) is 42.5 Å². The number of pyridine rings is 1. The largest absolute Gasteiger partial charge is 0.481 e. The molecule has 0 aliphatic heterocycles. The monoisotopic (exact) mass is 541 g/mol. The highest BCUT2D eigenvalue weighted by Gasteiger charge is 2.31. The Balaban J connectivity index is 1.57. The van der Waals surface area contributed by atoms with Gasteiger partial charge in [-0.1, -0.05) is 18.3 Å². The van der Waals surface area contributed by atoms with Crippen LogP contribution in [0.15, 0.2) is 55.0 Å². The van der Waals surface area contributed by atoms with Crippen LogP contribution in [0.25, 0.3) is 28.2 Å². The Morgan fingerprint density at radius 2 is 1.85 bits per heavy atom. The maximum absolute atomic E-state index is 13.5. The number of carboxylic acid groups (broad SMARTS) is 1. The third kappa shape index (κ3) is 4.59. The summed E-state index contributed by atoms with van der Waals surface area (Å²) in [6.07, 6.45) is 5.62. The van der Waals surface area contributed by atoms with E-state index in [-0.39, 0.29) is 5.82 Å². The lowest BCUT2D eigenvalue weighted by Gasteiger charge is -2.18. The minimum atomic E-state index is -1.16. The molecule has 196 valence electrons. The van der Waals surface area contributed by atoms with E-state index >= 15 is 0 Å². The van der Waals surface area contributed by atoms with Gasteiger partial charge in [0.05, 0.1) is 29.5 Å². The van der Waals surface area contributed by atoms with Crippen molar-refractivity contribution >= 4 is 33.9 Å². The van der Waals surface area contributed by atoms with Crippen LogP contribution in [0.3, 0.4) is 0 Å². The van der Waals surface area contributed by atoms with E-state index in [1.165, 1.54) is 29.7 Å². The minimum Gasteiger partial charge on any atom is -0.481 e. The number of carbonyl (C=O) groups is 1. The molecule has 9 nitrogen and oxygen atoms in total. The Bertz CT molecular complexity index is 1740. The van der Waals surface area contributed by atoms with Crippen LogP contribution < -0.4 is 4.90 Å². The van der Waals surface area contributed by atoms with Crippen molar-refractivity contribution in [3.8, 4) is 28.6 Å². The Labute approximate surface area is 227 Å². The summed E-state index contributed by atoms with van der Waals surface area (Å²) in [7, 11) is 1.87. The molecule has 0 amide bonds. The van der Waals surface area contributed by atoms with E-state index in [9.17, 15) is 19.6 Å².